The van der Waals surface area contributed by atoms with Crippen molar-refractivity contribution in [2.75, 3.05) is 11.9 Å². The molecule has 30 heavy (non-hydrogen) atoms. The lowest BCUT2D eigenvalue weighted by Gasteiger charge is -2.13. The molecular formula is C23H20F2N4O. The predicted molar refractivity (Wildman–Crippen MR) is 112 cm³/mol. The molecule has 0 amide bonds. The first-order valence-electron chi connectivity index (χ1n) is 9.56. The quantitative estimate of drug-likeness (QED) is 0.419. The van der Waals surface area contributed by atoms with Crippen LogP contribution in [-0.2, 0) is 6.54 Å². The van der Waals surface area contributed by atoms with Crippen LogP contribution in [0.3, 0.4) is 0 Å². The van der Waals surface area contributed by atoms with E-state index in [-0.39, 0.29) is 11.3 Å². The number of imidazole rings is 1. The van der Waals surface area contributed by atoms with Crippen LogP contribution < -0.4 is 5.32 Å². The van der Waals surface area contributed by atoms with Crippen molar-refractivity contribution < 1.29 is 13.9 Å². The summed E-state index contributed by atoms with van der Waals surface area (Å²) < 4.78 is 30.2. The van der Waals surface area contributed by atoms with Gasteiger partial charge in [-0.3, -0.25) is 0 Å². The van der Waals surface area contributed by atoms with Gasteiger partial charge in [0.25, 0.3) is 0 Å². The van der Waals surface area contributed by atoms with Crippen molar-refractivity contribution in [2.24, 2.45) is 0 Å². The second kappa shape index (κ2) is 8.73. The SMILES string of the molecule is Oc1ccccc1-c1cc(-c2cccc(F)c2F)cc(NCCCn2ccnc2)n1. The van der Waals surface area contributed by atoms with Crippen LogP contribution in [0.4, 0.5) is 14.6 Å². The minimum atomic E-state index is -0.919. The normalized spacial score (nSPS) is 10.9. The van der Waals surface area contributed by atoms with Gasteiger partial charge in [-0.15, -0.1) is 0 Å². The Kier molecular flexibility index (Phi) is 5.70. The molecule has 0 aliphatic heterocycles. The standard InChI is InChI=1S/C23H20F2N4O/c24-19-7-3-6-17(23(19)25)16-13-20(18-5-1-2-8-21(18)30)28-22(14-16)27-9-4-11-29-12-10-26-15-29/h1-3,5-8,10,12-15,30H,4,9,11H2,(H,27,28). The van der Waals surface area contributed by atoms with Gasteiger partial charge in [0.05, 0.1) is 12.0 Å². The van der Waals surface area contributed by atoms with Crippen molar-refractivity contribution in [2.45, 2.75) is 13.0 Å². The van der Waals surface area contributed by atoms with E-state index < -0.39 is 11.6 Å². The van der Waals surface area contributed by atoms with E-state index in [0.717, 1.165) is 19.0 Å². The van der Waals surface area contributed by atoms with Crippen LogP contribution in [0.25, 0.3) is 22.4 Å². The molecule has 0 saturated carbocycles. The van der Waals surface area contributed by atoms with E-state index in [1.54, 1.807) is 48.9 Å². The molecule has 4 rings (SSSR count). The highest BCUT2D eigenvalue weighted by Gasteiger charge is 2.14. The zero-order valence-corrected chi connectivity index (χ0v) is 16.1. The van der Waals surface area contributed by atoms with E-state index in [2.05, 4.69) is 15.3 Å². The van der Waals surface area contributed by atoms with Crippen molar-refractivity contribution >= 4 is 5.82 Å². The number of hydrogen-bond donors (Lipinski definition) is 2. The maximum Gasteiger partial charge on any atom is 0.166 e. The van der Waals surface area contributed by atoms with Crippen LogP contribution in [0, 0.1) is 11.6 Å². The predicted octanol–water partition coefficient (Wildman–Crippen LogP) is 5.10. The number of nitrogens with one attached hydrogen (secondary N) is 1. The van der Waals surface area contributed by atoms with Gasteiger partial charge >= 0.3 is 0 Å². The summed E-state index contributed by atoms with van der Waals surface area (Å²) in [6.45, 7) is 1.41. The lowest BCUT2D eigenvalue weighted by Crippen LogP contribution is -2.07. The highest BCUT2D eigenvalue weighted by atomic mass is 19.2. The van der Waals surface area contributed by atoms with E-state index in [4.69, 9.17) is 0 Å². The average molecular weight is 406 g/mol. The van der Waals surface area contributed by atoms with Gasteiger partial charge in [-0.1, -0.05) is 24.3 Å². The number of rotatable bonds is 7. The fourth-order valence-corrected chi connectivity index (χ4v) is 3.23. The van der Waals surface area contributed by atoms with Gasteiger partial charge in [0.15, 0.2) is 11.6 Å². The molecule has 2 aromatic carbocycles. The molecule has 4 aromatic rings. The molecular weight excluding hydrogens is 386 g/mol. The minimum absolute atomic E-state index is 0.0629. The summed E-state index contributed by atoms with van der Waals surface area (Å²) in [5.41, 5.74) is 1.58. The number of benzene rings is 2. The van der Waals surface area contributed by atoms with Crippen molar-refractivity contribution in [1.29, 1.82) is 0 Å². The van der Waals surface area contributed by atoms with Gasteiger partial charge < -0.3 is 15.0 Å². The summed E-state index contributed by atoms with van der Waals surface area (Å²) in [5.74, 6) is -1.26. The van der Waals surface area contributed by atoms with Crippen LogP contribution in [0.2, 0.25) is 0 Å². The lowest BCUT2D eigenvalue weighted by molar-refractivity contribution is 0.477. The number of pyridine rings is 1. The van der Waals surface area contributed by atoms with Crippen LogP contribution in [-0.4, -0.2) is 26.2 Å². The third kappa shape index (κ3) is 4.30. The monoisotopic (exact) mass is 406 g/mol. The molecule has 0 aliphatic carbocycles. The number of phenolic OH excluding ortho intramolecular Hbond substituents is 1. The molecule has 2 N–H and O–H groups in total. The number of aromatic hydroxyl groups is 1. The van der Waals surface area contributed by atoms with E-state index in [1.807, 2.05) is 10.8 Å². The Morgan fingerprint density at radius 2 is 1.83 bits per heavy atom. The van der Waals surface area contributed by atoms with Crippen LogP contribution in [0.5, 0.6) is 5.75 Å². The minimum Gasteiger partial charge on any atom is -0.507 e. The molecule has 0 unspecified atom stereocenters. The number of anilines is 1. The Hall–Kier alpha value is -3.74. The fourth-order valence-electron chi connectivity index (χ4n) is 3.23. The molecule has 2 aromatic heterocycles. The first kappa shape index (κ1) is 19.6. The number of nitrogens with zero attached hydrogens (tertiary/aromatic N) is 3. The van der Waals surface area contributed by atoms with Crippen molar-refractivity contribution in [1.82, 2.24) is 14.5 Å². The van der Waals surface area contributed by atoms with E-state index in [1.165, 1.54) is 12.1 Å². The third-order valence-corrected chi connectivity index (χ3v) is 4.73. The average Bonchev–Trinajstić information content (AvgIpc) is 3.27. The maximum absolute atomic E-state index is 14.4. The third-order valence-electron chi connectivity index (χ3n) is 4.73. The smallest absolute Gasteiger partial charge is 0.166 e. The summed E-state index contributed by atoms with van der Waals surface area (Å²) >= 11 is 0. The van der Waals surface area contributed by atoms with E-state index in [0.29, 0.717) is 29.2 Å². The van der Waals surface area contributed by atoms with Gasteiger partial charge in [-0.05, 0) is 42.3 Å². The zero-order valence-electron chi connectivity index (χ0n) is 16.1. The molecule has 2 heterocycles. The fraction of sp³-hybridized carbons (Fsp3) is 0.130. The summed E-state index contributed by atoms with van der Waals surface area (Å²) in [7, 11) is 0. The molecule has 5 nitrogen and oxygen atoms in total. The molecule has 7 heteroatoms. The summed E-state index contributed by atoms with van der Waals surface area (Å²) in [5, 5.41) is 13.5. The van der Waals surface area contributed by atoms with Crippen LogP contribution >= 0.6 is 0 Å². The molecule has 0 saturated heterocycles. The van der Waals surface area contributed by atoms with Crippen molar-refractivity contribution in [3.8, 4) is 28.1 Å². The van der Waals surface area contributed by atoms with Crippen LogP contribution in [0.1, 0.15) is 6.42 Å². The van der Waals surface area contributed by atoms with E-state index >= 15 is 0 Å². The van der Waals surface area contributed by atoms with Gasteiger partial charge in [0.2, 0.25) is 0 Å². The Morgan fingerprint density at radius 3 is 2.63 bits per heavy atom. The Bertz CT molecular complexity index is 1150. The first-order chi connectivity index (χ1) is 14.6. The molecule has 0 bridgehead atoms. The number of halogens is 2. The number of aryl methyl sites for hydroxylation is 1. The van der Waals surface area contributed by atoms with Gasteiger partial charge in [-0.2, -0.15) is 0 Å². The van der Waals surface area contributed by atoms with E-state index in [9.17, 15) is 13.9 Å². The molecule has 0 aliphatic rings. The van der Waals surface area contributed by atoms with Crippen molar-refractivity contribution in [3.05, 3.63) is 85.0 Å². The molecule has 0 radical (unpaired) electrons. The van der Waals surface area contributed by atoms with Gasteiger partial charge in [0, 0.05) is 36.6 Å². The first-order valence-corrected chi connectivity index (χ1v) is 9.56. The highest BCUT2D eigenvalue weighted by Crippen LogP contribution is 2.33. The number of hydrogen-bond acceptors (Lipinski definition) is 4. The maximum atomic E-state index is 14.4. The Balaban J connectivity index is 1.65. The number of phenols is 1. The summed E-state index contributed by atoms with van der Waals surface area (Å²) in [6.07, 6.45) is 6.19. The highest BCUT2D eigenvalue weighted by molar-refractivity contribution is 5.76. The number of para-hydroxylation sites is 1. The topological polar surface area (TPSA) is 63.0 Å². The van der Waals surface area contributed by atoms with Gasteiger partial charge in [-0.25, -0.2) is 18.7 Å². The van der Waals surface area contributed by atoms with Crippen molar-refractivity contribution in [3.63, 3.8) is 0 Å². The molecule has 0 fully saturated rings. The second-order valence-electron chi connectivity index (χ2n) is 6.83. The summed E-state index contributed by atoms with van der Waals surface area (Å²) in [6, 6.07) is 14.2. The Morgan fingerprint density at radius 1 is 1.00 bits per heavy atom. The summed E-state index contributed by atoms with van der Waals surface area (Å²) in [4.78, 5) is 8.58. The molecule has 0 atom stereocenters. The molecule has 0 spiro atoms. The largest absolute Gasteiger partial charge is 0.507 e. The second-order valence-corrected chi connectivity index (χ2v) is 6.83. The lowest BCUT2D eigenvalue weighted by atomic mass is 10.0. The molecule has 152 valence electrons. The number of aromatic nitrogens is 3. The Labute approximate surface area is 172 Å². The zero-order chi connectivity index (χ0) is 20.9. The van der Waals surface area contributed by atoms with Gasteiger partial charge in [0.1, 0.15) is 11.6 Å². The van der Waals surface area contributed by atoms with Crippen LogP contribution in [0.15, 0.2) is 73.3 Å².